The molecular weight excluding hydrogens is 316 g/mol. The molecule has 0 unspecified atom stereocenters. The fraction of sp³-hybridized carbons (Fsp3) is 0.0625. The summed E-state index contributed by atoms with van der Waals surface area (Å²) in [6.45, 7) is 1.81. The summed E-state index contributed by atoms with van der Waals surface area (Å²) in [6.07, 6.45) is 1.42. The maximum atomic E-state index is 11.8. The molecule has 3 rings (SSSR count). The van der Waals surface area contributed by atoms with Crippen molar-refractivity contribution in [2.45, 2.75) is 6.92 Å². The minimum absolute atomic E-state index is 0.277. The number of nitrogens with zero attached hydrogens (tertiary/aromatic N) is 2. The predicted molar refractivity (Wildman–Crippen MR) is 87.5 cm³/mol. The zero-order valence-corrected chi connectivity index (χ0v) is 13.0. The summed E-state index contributed by atoms with van der Waals surface area (Å²) >= 11 is 5.96. The minimum Gasteiger partial charge on any atom is -0.455 e. The van der Waals surface area contributed by atoms with Crippen LogP contribution in [0.25, 0.3) is 11.3 Å². The molecule has 23 heavy (non-hydrogen) atoms. The number of amides is 1. The van der Waals surface area contributed by atoms with Gasteiger partial charge in [0.25, 0.3) is 5.91 Å². The highest BCUT2D eigenvalue weighted by atomic mass is 35.5. The Kier molecular flexibility index (Phi) is 4.25. The number of hydrogen-bond donors (Lipinski definition) is 2. The number of nitrogens with one attached hydrogen (secondary N) is 2. The van der Waals surface area contributed by atoms with E-state index in [4.69, 9.17) is 16.0 Å². The van der Waals surface area contributed by atoms with Gasteiger partial charge in [-0.1, -0.05) is 23.7 Å². The number of aromatic nitrogens is 2. The Hall–Kier alpha value is -2.86. The van der Waals surface area contributed by atoms with Gasteiger partial charge in [-0.15, -0.1) is 0 Å². The molecule has 0 atom stereocenters. The zero-order chi connectivity index (χ0) is 16.2. The summed E-state index contributed by atoms with van der Waals surface area (Å²) in [5.41, 5.74) is 4.33. The highest BCUT2D eigenvalue weighted by Gasteiger charge is 2.08. The number of halogens is 1. The topological polar surface area (TPSA) is 83.3 Å². The van der Waals surface area contributed by atoms with Gasteiger partial charge >= 0.3 is 0 Å². The van der Waals surface area contributed by atoms with Crippen molar-refractivity contribution in [1.82, 2.24) is 15.6 Å². The van der Waals surface area contributed by atoms with Crippen molar-refractivity contribution in [3.05, 3.63) is 64.6 Å². The van der Waals surface area contributed by atoms with E-state index in [0.717, 1.165) is 11.3 Å². The van der Waals surface area contributed by atoms with E-state index in [1.807, 2.05) is 31.2 Å². The first-order chi connectivity index (χ1) is 11.1. The van der Waals surface area contributed by atoms with Crippen molar-refractivity contribution in [1.29, 1.82) is 0 Å². The Morgan fingerprint density at radius 2 is 2.22 bits per heavy atom. The first-order valence-electron chi connectivity index (χ1n) is 6.83. The van der Waals surface area contributed by atoms with Crippen LogP contribution >= 0.6 is 11.6 Å². The van der Waals surface area contributed by atoms with Gasteiger partial charge in [0.2, 0.25) is 0 Å². The Labute approximate surface area is 137 Å². The molecule has 6 nitrogen and oxygen atoms in total. The minimum atomic E-state index is -0.396. The zero-order valence-electron chi connectivity index (χ0n) is 12.2. The number of carbonyl (C=O) groups excluding carboxylic acids is 1. The van der Waals surface area contributed by atoms with Crippen molar-refractivity contribution in [3.63, 3.8) is 0 Å². The lowest BCUT2D eigenvalue weighted by molar-refractivity contribution is 0.0950. The van der Waals surface area contributed by atoms with E-state index in [9.17, 15) is 4.79 Å². The highest BCUT2D eigenvalue weighted by molar-refractivity contribution is 6.30. The lowest BCUT2D eigenvalue weighted by atomic mass is 10.2. The van der Waals surface area contributed by atoms with Crippen LogP contribution in [0, 0.1) is 6.92 Å². The van der Waals surface area contributed by atoms with E-state index < -0.39 is 5.91 Å². The van der Waals surface area contributed by atoms with E-state index >= 15 is 0 Å². The van der Waals surface area contributed by atoms with E-state index in [1.165, 1.54) is 6.21 Å². The van der Waals surface area contributed by atoms with Gasteiger partial charge in [0, 0.05) is 16.3 Å². The summed E-state index contributed by atoms with van der Waals surface area (Å²) < 4.78 is 5.64. The molecule has 0 spiro atoms. The summed E-state index contributed by atoms with van der Waals surface area (Å²) in [5.74, 6) is 0.786. The molecule has 116 valence electrons. The number of rotatable bonds is 4. The molecule has 0 saturated heterocycles. The number of furan rings is 1. The van der Waals surface area contributed by atoms with Gasteiger partial charge in [0.15, 0.2) is 5.69 Å². The van der Waals surface area contributed by atoms with Gasteiger partial charge in [0.05, 0.1) is 6.21 Å². The monoisotopic (exact) mass is 328 g/mol. The van der Waals surface area contributed by atoms with Crippen LogP contribution in [-0.4, -0.2) is 22.3 Å². The SMILES string of the molecule is Cc1cc(C(=O)N/N=C/c2ccc(-c3cccc(Cl)c3)o2)n[nH]1. The Bertz CT molecular complexity index is 866. The number of carbonyl (C=O) groups is 1. The van der Waals surface area contributed by atoms with Crippen LogP contribution in [0.5, 0.6) is 0 Å². The first kappa shape index (κ1) is 15.1. The van der Waals surface area contributed by atoms with Crippen molar-refractivity contribution in [3.8, 4) is 11.3 Å². The molecular formula is C16H13ClN4O2. The van der Waals surface area contributed by atoms with Gasteiger partial charge in [-0.3, -0.25) is 9.89 Å². The third-order valence-corrected chi connectivity index (χ3v) is 3.27. The summed E-state index contributed by atoms with van der Waals surface area (Å²) in [6, 6.07) is 12.5. The second-order valence-corrected chi connectivity index (χ2v) is 5.28. The van der Waals surface area contributed by atoms with Crippen molar-refractivity contribution in [2.24, 2.45) is 5.10 Å². The van der Waals surface area contributed by atoms with Crippen LogP contribution < -0.4 is 5.43 Å². The van der Waals surface area contributed by atoms with Gasteiger partial charge in [-0.25, -0.2) is 5.43 Å². The number of hydrogen-bond acceptors (Lipinski definition) is 4. The summed E-state index contributed by atoms with van der Waals surface area (Å²) in [5, 5.41) is 11.0. The van der Waals surface area contributed by atoms with Gasteiger partial charge < -0.3 is 4.42 Å². The molecule has 1 aromatic carbocycles. The number of aryl methyl sites for hydroxylation is 1. The average Bonchev–Trinajstić information content (AvgIpc) is 3.16. The molecule has 3 aromatic rings. The quantitative estimate of drug-likeness (QED) is 0.568. The summed E-state index contributed by atoms with van der Waals surface area (Å²) in [4.78, 5) is 11.8. The van der Waals surface area contributed by atoms with Gasteiger partial charge in [0.1, 0.15) is 11.5 Å². The predicted octanol–water partition coefficient (Wildman–Crippen LogP) is 3.40. The molecule has 0 radical (unpaired) electrons. The lowest BCUT2D eigenvalue weighted by Gasteiger charge is -1.97. The normalized spacial score (nSPS) is 11.0. The highest BCUT2D eigenvalue weighted by Crippen LogP contribution is 2.24. The molecule has 2 aromatic heterocycles. The van der Waals surface area contributed by atoms with Crippen LogP contribution in [-0.2, 0) is 0 Å². The van der Waals surface area contributed by atoms with E-state index in [0.29, 0.717) is 16.5 Å². The maximum Gasteiger partial charge on any atom is 0.291 e. The fourth-order valence-corrected chi connectivity index (χ4v) is 2.16. The smallest absolute Gasteiger partial charge is 0.291 e. The maximum absolute atomic E-state index is 11.8. The molecule has 0 saturated carbocycles. The van der Waals surface area contributed by atoms with Crippen LogP contribution in [0.3, 0.4) is 0 Å². The molecule has 0 aliphatic rings. The third-order valence-electron chi connectivity index (χ3n) is 3.03. The number of H-pyrrole nitrogens is 1. The number of hydrazone groups is 1. The van der Waals surface area contributed by atoms with Crippen LogP contribution in [0.15, 0.2) is 52.0 Å². The third kappa shape index (κ3) is 3.67. The molecule has 7 heteroatoms. The van der Waals surface area contributed by atoms with E-state index in [-0.39, 0.29) is 5.69 Å². The lowest BCUT2D eigenvalue weighted by Crippen LogP contribution is -2.17. The molecule has 1 amide bonds. The second kappa shape index (κ2) is 6.50. The molecule has 0 fully saturated rings. The van der Waals surface area contributed by atoms with Crippen molar-refractivity contribution in [2.75, 3.05) is 0 Å². The standard InChI is InChI=1S/C16H13ClN4O2/c1-10-7-14(20-19-10)16(22)21-18-9-13-5-6-15(23-13)11-3-2-4-12(17)8-11/h2-9H,1H3,(H,19,20)(H,21,22)/b18-9+. The van der Waals surface area contributed by atoms with Crippen molar-refractivity contribution < 1.29 is 9.21 Å². The average molecular weight is 329 g/mol. The molecule has 2 N–H and O–H groups in total. The first-order valence-corrected chi connectivity index (χ1v) is 7.21. The fourth-order valence-electron chi connectivity index (χ4n) is 1.97. The van der Waals surface area contributed by atoms with Gasteiger partial charge in [-0.2, -0.15) is 10.2 Å². The van der Waals surface area contributed by atoms with E-state index in [1.54, 1.807) is 18.2 Å². The summed E-state index contributed by atoms with van der Waals surface area (Å²) in [7, 11) is 0. The Balaban J connectivity index is 1.66. The second-order valence-electron chi connectivity index (χ2n) is 4.85. The number of aromatic amines is 1. The van der Waals surface area contributed by atoms with E-state index in [2.05, 4.69) is 20.7 Å². The largest absolute Gasteiger partial charge is 0.455 e. The molecule has 0 bridgehead atoms. The van der Waals surface area contributed by atoms with Crippen LogP contribution in [0.2, 0.25) is 5.02 Å². The Morgan fingerprint density at radius 1 is 1.35 bits per heavy atom. The molecule has 0 aliphatic carbocycles. The number of benzene rings is 1. The van der Waals surface area contributed by atoms with Crippen LogP contribution in [0.4, 0.5) is 0 Å². The molecule has 0 aliphatic heterocycles. The van der Waals surface area contributed by atoms with Gasteiger partial charge in [-0.05, 0) is 37.3 Å². The Morgan fingerprint density at radius 3 is 2.96 bits per heavy atom. The molecule has 2 heterocycles. The van der Waals surface area contributed by atoms with Crippen molar-refractivity contribution >= 4 is 23.7 Å². The van der Waals surface area contributed by atoms with Crippen LogP contribution in [0.1, 0.15) is 21.9 Å².